The van der Waals surface area contributed by atoms with Crippen molar-refractivity contribution in [3.8, 4) is 17.4 Å². The molecule has 8 nitrogen and oxygen atoms in total. The van der Waals surface area contributed by atoms with E-state index in [0.717, 1.165) is 11.3 Å². The van der Waals surface area contributed by atoms with Crippen LogP contribution in [0.2, 0.25) is 5.02 Å². The predicted octanol–water partition coefficient (Wildman–Crippen LogP) is 4.53. The normalized spacial score (nSPS) is 11.3. The lowest BCUT2D eigenvalue weighted by Gasteiger charge is -2.10. The molecule has 0 unspecified atom stereocenters. The SMILES string of the molecule is Cc1ccn(-c2ccc(Oc3ccc(NS(=O)(=O)c4ccc(C)c(Cl)c4)cc3)nn2)n1. The van der Waals surface area contributed by atoms with Crippen LogP contribution < -0.4 is 9.46 Å². The number of aryl methyl sites for hydroxylation is 2. The van der Waals surface area contributed by atoms with Crippen LogP contribution in [0.4, 0.5) is 5.69 Å². The lowest BCUT2D eigenvalue weighted by atomic mass is 10.2. The van der Waals surface area contributed by atoms with Gasteiger partial charge >= 0.3 is 0 Å². The van der Waals surface area contributed by atoms with E-state index in [9.17, 15) is 8.42 Å². The van der Waals surface area contributed by atoms with Crippen molar-refractivity contribution in [1.82, 2.24) is 20.0 Å². The fourth-order valence-electron chi connectivity index (χ4n) is 2.70. The Morgan fingerprint density at radius 1 is 0.968 bits per heavy atom. The molecule has 10 heteroatoms. The highest BCUT2D eigenvalue weighted by atomic mass is 35.5. The minimum atomic E-state index is -3.76. The van der Waals surface area contributed by atoms with Gasteiger partial charge in [0.15, 0.2) is 5.82 Å². The fraction of sp³-hybridized carbons (Fsp3) is 0.0952. The number of ether oxygens (including phenoxy) is 1. The van der Waals surface area contributed by atoms with Crippen molar-refractivity contribution in [3.05, 3.63) is 83.1 Å². The second-order valence-electron chi connectivity index (χ2n) is 6.77. The molecule has 0 bridgehead atoms. The van der Waals surface area contributed by atoms with Crippen LogP contribution in [-0.4, -0.2) is 28.4 Å². The summed E-state index contributed by atoms with van der Waals surface area (Å²) in [6.45, 7) is 3.70. The number of benzene rings is 2. The van der Waals surface area contributed by atoms with Crippen LogP contribution in [-0.2, 0) is 10.0 Å². The summed E-state index contributed by atoms with van der Waals surface area (Å²) in [6.07, 6.45) is 1.80. The third-order valence-corrected chi connectivity index (χ3v) is 6.15. The van der Waals surface area contributed by atoms with Crippen molar-refractivity contribution in [2.75, 3.05) is 4.72 Å². The van der Waals surface area contributed by atoms with Gasteiger partial charge in [-0.1, -0.05) is 17.7 Å². The molecule has 0 aliphatic rings. The van der Waals surface area contributed by atoms with Crippen LogP contribution in [0.3, 0.4) is 0 Å². The average Bonchev–Trinajstić information content (AvgIpc) is 3.18. The Morgan fingerprint density at radius 3 is 2.35 bits per heavy atom. The van der Waals surface area contributed by atoms with E-state index in [1.165, 1.54) is 12.1 Å². The molecule has 0 fully saturated rings. The zero-order valence-corrected chi connectivity index (χ0v) is 18.2. The molecule has 158 valence electrons. The van der Waals surface area contributed by atoms with Crippen molar-refractivity contribution in [2.45, 2.75) is 18.7 Å². The number of aromatic nitrogens is 4. The van der Waals surface area contributed by atoms with Crippen LogP contribution in [0.25, 0.3) is 5.82 Å². The zero-order valence-electron chi connectivity index (χ0n) is 16.7. The minimum Gasteiger partial charge on any atom is -0.438 e. The molecule has 0 saturated carbocycles. The molecule has 4 aromatic rings. The second-order valence-corrected chi connectivity index (χ2v) is 8.86. The number of halogens is 1. The van der Waals surface area contributed by atoms with Crippen molar-refractivity contribution >= 4 is 27.3 Å². The highest BCUT2D eigenvalue weighted by Gasteiger charge is 2.15. The number of anilines is 1. The van der Waals surface area contributed by atoms with Crippen molar-refractivity contribution in [3.63, 3.8) is 0 Å². The number of rotatable bonds is 6. The summed E-state index contributed by atoms with van der Waals surface area (Å²) >= 11 is 6.04. The Morgan fingerprint density at radius 2 is 1.74 bits per heavy atom. The predicted molar refractivity (Wildman–Crippen MR) is 117 cm³/mol. The molecule has 31 heavy (non-hydrogen) atoms. The van der Waals surface area contributed by atoms with Crippen LogP contribution in [0.5, 0.6) is 11.6 Å². The first-order valence-electron chi connectivity index (χ1n) is 9.23. The molecule has 2 aromatic heterocycles. The van der Waals surface area contributed by atoms with E-state index in [4.69, 9.17) is 16.3 Å². The molecule has 0 saturated heterocycles. The molecular weight excluding hydrogens is 438 g/mol. The summed E-state index contributed by atoms with van der Waals surface area (Å²) < 4.78 is 34.9. The number of sulfonamides is 1. The number of hydrogen-bond acceptors (Lipinski definition) is 6. The smallest absolute Gasteiger partial charge is 0.261 e. The van der Waals surface area contributed by atoms with Gasteiger partial charge in [-0.05, 0) is 67.9 Å². The molecule has 0 amide bonds. The van der Waals surface area contributed by atoms with Crippen LogP contribution in [0.15, 0.2) is 71.8 Å². The molecule has 0 radical (unpaired) electrons. The first-order chi connectivity index (χ1) is 14.8. The third-order valence-electron chi connectivity index (χ3n) is 4.37. The Bertz CT molecular complexity index is 1320. The monoisotopic (exact) mass is 455 g/mol. The lowest BCUT2D eigenvalue weighted by molar-refractivity contribution is 0.454. The van der Waals surface area contributed by atoms with Crippen LogP contribution in [0, 0.1) is 13.8 Å². The van der Waals surface area contributed by atoms with Gasteiger partial charge in [0.05, 0.1) is 10.6 Å². The molecule has 0 spiro atoms. The Hall–Kier alpha value is -3.43. The van der Waals surface area contributed by atoms with E-state index in [1.54, 1.807) is 60.3 Å². The quantitative estimate of drug-likeness (QED) is 0.458. The van der Waals surface area contributed by atoms with E-state index >= 15 is 0 Å². The molecule has 1 N–H and O–H groups in total. The fourth-order valence-corrected chi connectivity index (χ4v) is 4.03. The second kappa shape index (κ2) is 8.37. The Kier molecular flexibility index (Phi) is 5.62. The van der Waals surface area contributed by atoms with Gasteiger partial charge in [0.25, 0.3) is 10.0 Å². The van der Waals surface area contributed by atoms with Crippen LogP contribution >= 0.6 is 11.6 Å². The molecule has 2 aromatic carbocycles. The molecular formula is C21H18ClN5O3S. The first-order valence-corrected chi connectivity index (χ1v) is 11.1. The summed E-state index contributed by atoms with van der Waals surface area (Å²) in [7, 11) is -3.76. The van der Waals surface area contributed by atoms with E-state index < -0.39 is 10.0 Å². The van der Waals surface area contributed by atoms with Gasteiger partial charge in [-0.2, -0.15) is 5.10 Å². The number of hydrogen-bond donors (Lipinski definition) is 1. The van der Waals surface area contributed by atoms with Gasteiger partial charge in [-0.15, -0.1) is 10.2 Å². The lowest BCUT2D eigenvalue weighted by Crippen LogP contribution is -2.12. The summed E-state index contributed by atoms with van der Waals surface area (Å²) in [5.74, 6) is 1.36. The molecule has 0 atom stereocenters. The topological polar surface area (TPSA) is 99.0 Å². The van der Waals surface area contributed by atoms with E-state index in [2.05, 4.69) is 20.0 Å². The van der Waals surface area contributed by atoms with Gasteiger partial charge in [0.1, 0.15) is 5.75 Å². The van der Waals surface area contributed by atoms with Gasteiger partial charge in [0.2, 0.25) is 5.88 Å². The summed E-state index contributed by atoms with van der Waals surface area (Å²) in [5.41, 5.74) is 2.07. The maximum absolute atomic E-state index is 12.6. The van der Waals surface area contributed by atoms with Crippen LogP contribution in [0.1, 0.15) is 11.3 Å². The van der Waals surface area contributed by atoms with E-state index in [-0.39, 0.29) is 4.90 Å². The zero-order chi connectivity index (χ0) is 22.0. The number of nitrogens with zero attached hydrogens (tertiary/aromatic N) is 4. The maximum atomic E-state index is 12.6. The highest BCUT2D eigenvalue weighted by molar-refractivity contribution is 7.92. The van der Waals surface area contributed by atoms with Crippen molar-refractivity contribution in [2.24, 2.45) is 0 Å². The Balaban J connectivity index is 1.44. The molecule has 0 aliphatic carbocycles. The molecule has 2 heterocycles. The van der Waals surface area contributed by atoms with Crippen molar-refractivity contribution < 1.29 is 13.2 Å². The standard InChI is InChI=1S/C21H18ClN5O3S/c1-14-3-8-18(13-19(14)22)31(28,29)26-16-4-6-17(7-5-16)30-21-10-9-20(23-24-21)27-12-11-15(2)25-27/h3-13,26H,1-2H3. The van der Waals surface area contributed by atoms with Gasteiger partial charge in [0, 0.05) is 23.0 Å². The maximum Gasteiger partial charge on any atom is 0.261 e. The Labute approximate surface area is 184 Å². The van der Waals surface area contributed by atoms with E-state index in [1.807, 2.05) is 13.0 Å². The van der Waals surface area contributed by atoms with Gasteiger partial charge < -0.3 is 4.74 Å². The highest BCUT2D eigenvalue weighted by Crippen LogP contribution is 2.25. The minimum absolute atomic E-state index is 0.0890. The largest absolute Gasteiger partial charge is 0.438 e. The van der Waals surface area contributed by atoms with Crippen molar-refractivity contribution in [1.29, 1.82) is 0 Å². The summed E-state index contributed by atoms with van der Waals surface area (Å²) in [6, 6.07) is 16.3. The van der Waals surface area contributed by atoms with E-state index in [0.29, 0.717) is 28.2 Å². The van der Waals surface area contributed by atoms with Gasteiger partial charge in [-0.25, -0.2) is 13.1 Å². The first kappa shape index (κ1) is 20.8. The summed E-state index contributed by atoms with van der Waals surface area (Å²) in [4.78, 5) is 0.0890. The summed E-state index contributed by atoms with van der Waals surface area (Å²) in [5, 5.41) is 12.8. The molecule has 0 aliphatic heterocycles. The van der Waals surface area contributed by atoms with Gasteiger partial charge in [-0.3, -0.25) is 4.72 Å². The molecule has 4 rings (SSSR count). The average molecular weight is 456 g/mol. The number of nitrogens with one attached hydrogen (secondary N) is 1. The third kappa shape index (κ3) is 4.84.